The lowest BCUT2D eigenvalue weighted by Gasteiger charge is -2.07. The molecule has 10 N–H and O–H groups in total. The van der Waals surface area contributed by atoms with Crippen molar-refractivity contribution < 1.29 is 28.5 Å². The number of carbonyl (C=O) groups excluding carboxylic acids is 4. The lowest BCUT2D eigenvalue weighted by Crippen LogP contribution is -2.28. The first-order valence-corrected chi connectivity index (χ1v) is 14.1. The molecule has 0 saturated heterocycles. The SMILES string of the molecule is Cc1c(NC(=O)c2cc3c([N+](=O)[O-])cccc3o2)c[nH]c1C(=O)Nc1c[nH]c(C(=O)Nc2c[nH]c(C(=O)NCCC(=N)N)c2C)c1C. The molecule has 0 unspecified atom stereocenters. The minimum Gasteiger partial charge on any atom is -0.451 e. The zero-order valence-corrected chi connectivity index (χ0v) is 25.3. The molecule has 4 heterocycles. The van der Waals surface area contributed by atoms with Gasteiger partial charge in [0.25, 0.3) is 29.3 Å². The summed E-state index contributed by atoms with van der Waals surface area (Å²) in [6.07, 6.45) is 4.58. The van der Waals surface area contributed by atoms with E-state index >= 15 is 0 Å². The van der Waals surface area contributed by atoms with Crippen LogP contribution in [-0.4, -0.2) is 55.9 Å². The van der Waals surface area contributed by atoms with Gasteiger partial charge in [-0.05, 0) is 26.8 Å². The summed E-state index contributed by atoms with van der Waals surface area (Å²) < 4.78 is 5.51. The maximum Gasteiger partial charge on any atom is 0.291 e. The summed E-state index contributed by atoms with van der Waals surface area (Å²) in [6, 6.07) is 5.56. The van der Waals surface area contributed by atoms with Gasteiger partial charge in [0.2, 0.25) is 0 Å². The monoisotopic (exact) mass is 642 g/mol. The van der Waals surface area contributed by atoms with Gasteiger partial charge >= 0.3 is 0 Å². The summed E-state index contributed by atoms with van der Waals surface area (Å²) in [5.41, 5.74) is 8.23. The predicted octanol–water partition coefficient (Wildman–Crippen LogP) is 4.06. The number of aromatic amines is 3. The minimum atomic E-state index is -0.667. The lowest BCUT2D eigenvalue weighted by molar-refractivity contribution is -0.383. The molecule has 17 heteroatoms. The molecule has 1 aromatic carbocycles. The molecule has 0 radical (unpaired) electrons. The van der Waals surface area contributed by atoms with E-state index in [1.807, 2.05) is 0 Å². The van der Waals surface area contributed by atoms with Gasteiger partial charge in [0, 0.05) is 60.4 Å². The molecule has 0 atom stereocenters. The number of nitrogens with one attached hydrogen (secondary N) is 8. The molecule has 242 valence electrons. The zero-order chi connectivity index (χ0) is 34.0. The molecule has 4 aromatic heterocycles. The maximum absolute atomic E-state index is 13.2. The third-order valence-electron chi connectivity index (χ3n) is 7.48. The number of hydrogen-bond donors (Lipinski definition) is 9. The third-order valence-corrected chi connectivity index (χ3v) is 7.48. The van der Waals surface area contributed by atoms with E-state index in [9.17, 15) is 29.3 Å². The number of nitrogens with two attached hydrogens (primary N) is 1. The van der Waals surface area contributed by atoms with Gasteiger partial charge in [0.1, 0.15) is 22.7 Å². The van der Waals surface area contributed by atoms with Crippen LogP contribution in [0.4, 0.5) is 22.7 Å². The average molecular weight is 643 g/mol. The number of hydrogen-bond acceptors (Lipinski definition) is 8. The molecule has 0 aliphatic rings. The van der Waals surface area contributed by atoms with E-state index in [2.05, 4.69) is 36.2 Å². The van der Waals surface area contributed by atoms with E-state index in [4.69, 9.17) is 15.6 Å². The molecule has 0 aliphatic heterocycles. The maximum atomic E-state index is 13.2. The first kappa shape index (κ1) is 31.8. The van der Waals surface area contributed by atoms with Gasteiger partial charge in [-0.25, -0.2) is 0 Å². The molecule has 17 nitrogen and oxygen atoms in total. The van der Waals surface area contributed by atoms with Gasteiger partial charge in [-0.15, -0.1) is 0 Å². The predicted molar refractivity (Wildman–Crippen MR) is 172 cm³/mol. The van der Waals surface area contributed by atoms with Crippen LogP contribution in [0, 0.1) is 36.3 Å². The van der Waals surface area contributed by atoms with Crippen molar-refractivity contribution in [1.29, 1.82) is 5.41 Å². The molecule has 0 fully saturated rings. The first-order valence-electron chi connectivity index (χ1n) is 14.1. The number of H-pyrrole nitrogens is 3. The van der Waals surface area contributed by atoms with Crippen LogP contribution in [0.2, 0.25) is 0 Å². The van der Waals surface area contributed by atoms with E-state index in [0.29, 0.717) is 28.1 Å². The summed E-state index contributed by atoms with van der Waals surface area (Å²) in [5.74, 6) is -2.32. The van der Waals surface area contributed by atoms with Crippen molar-refractivity contribution in [1.82, 2.24) is 20.3 Å². The fourth-order valence-corrected chi connectivity index (χ4v) is 4.85. The zero-order valence-electron chi connectivity index (χ0n) is 25.3. The fourth-order valence-electron chi connectivity index (χ4n) is 4.85. The molecule has 0 spiro atoms. The molecule has 5 rings (SSSR count). The van der Waals surface area contributed by atoms with E-state index < -0.39 is 28.6 Å². The summed E-state index contributed by atoms with van der Waals surface area (Å²) >= 11 is 0. The summed E-state index contributed by atoms with van der Waals surface area (Å²) in [4.78, 5) is 70.8. The number of benzene rings is 1. The summed E-state index contributed by atoms with van der Waals surface area (Å²) in [7, 11) is 0. The largest absolute Gasteiger partial charge is 0.451 e. The van der Waals surface area contributed by atoms with Crippen LogP contribution in [0.1, 0.15) is 65.1 Å². The minimum absolute atomic E-state index is 0.0484. The van der Waals surface area contributed by atoms with Crippen LogP contribution in [0.25, 0.3) is 11.0 Å². The Bertz CT molecular complexity index is 2080. The van der Waals surface area contributed by atoms with Crippen LogP contribution >= 0.6 is 0 Å². The number of carbonyl (C=O) groups is 4. The van der Waals surface area contributed by atoms with Gasteiger partial charge in [-0.1, -0.05) is 6.07 Å². The lowest BCUT2D eigenvalue weighted by atomic mass is 10.2. The Morgan fingerprint density at radius 2 is 1.32 bits per heavy atom. The standard InChI is InChI=1S/C30H30N10O7/c1-13-18(11-34-24(13)28(42)33-8-7-23(31)32)38-30(44)26-15(3)19(12-36-26)39-29(43)25-14(2)17(10-35-25)37-27(41)22-9-16-20(40(45)46)5-4-6-21(16)47-22/h4-6,9-12,34-36H,7-8H2,1-3H3,(H3,31,32)(H,33,42)(H,37,41)(H,38,44)(H,39,43). The van der Waals surface area contributed by atoms with Crippen molar-refractivity contribution in [2.45, 2.75) is 27.2 Å². The highest BCUT2D eigenvalue weighted by molar-refractivity contribution is 6.10. The number of rotatable bonds is 11. The number of furan rings is 1. The Morgan fingerprint density at radius 1 is 0.830 bits per heavy atom. The second-order valence-electron chi connectivity index (χ2n) is 10.6. The summed E-state index contributed by atoms with van der Waals surface area (Å²) in [5, 5.41) is 29.5. The Labute approximate surface area is 265 Å². The van der Waals surface area contributed by atoms with Crippen molar-refractivity contribution in [2.75, 3.05) is 22.5 Å². The Kier molecular flexibility index (Phi) is 8.62. The van der Waals surface area contributed by atoms with Crippen LogP contribution in [0.5, 0.6) is 0 Å². The average Bonchev–Trinajstić information content (AvgIpc) is 3.79. The number of fused-ring (bicyclic) bond motifs is 1. The smallest absolute Gasteiger partial charge is 0.291 e. The van der Waals surface area contributed by atoms with Crippen molar-refractivity contribution >= 4 is 63.2 Å². The van der Waals surface area contributed by atoms with Gasteiger partial charge in [-0.3, -0.25) is 34.7 Å². The number of nitrogens with zero attached hydrogens (tertiary/aromatic N) is 1. The second-order valence-corrected chi connectivity index (χ2v) is 10.6. The third kappa shape index (κ3) is 6.44. The van der Waals surface area contributed by atoms with Gasteiger partial charge in [0.05, 0.1) is 33.2 Å². The number of non-ortho nitro benzene ring substituents is 1. The Hall–Kier alpha value is -6.65. The Morgan fingerprint density at radius 3 is 1.81 bits per heavy atom. The van der Waals surface area contributed by atoms with Crippen LogP contribution in [0.3, 0.4) is 0 Å². The van der Waals surface area contributed by atoms with Gasteiger partial charge < -0.3 is 46.4 Å². The van der Waals surface area contributed by atoms with E-state index in [-0.39, 0.29) is 64.0 Å². The number of anilines is 3. The summed E-state index contributed by atoms with van der Waals surface area (Å²) in [6.45, 7) is 5.12. The fraction of sp³-hybridized carbons (Fsp3) is 0.167. The van der Waals surface area contributed by atoms with E-state index in [0.717, 1.165) is 0 Å². The molecule has 5 aromatic rings. The number of amidine groups is 1. The van der Waals surface area contributed by atoms with Crippen molar-refractivity contribution in [3.8, 4) is 0 Å². The van der Waals surface area contributed by atoms with Crippen LogP contribution in [0.15, 0.2) is 47.3 Å². The van der Waals surface area contributed by atoms with Crippen LogP contribution in [-0.2, 0) is 0 Å². The number of aromatic nitrogens is 3. The Balaban J connectivity index is 1.23. The van der Waals surface area contributed by atoms with Gasteiger partial charge in [0.15, 0.2) is 5.76 Å². The molecule has 0 bridgehead atoms. The van der Waals surface area contributed by atoms with Crippen molar-refractivity contribution in [3.63, 3.8) is 0 Å². The number of nitro groups is 1. The quantitative estimate of drug-likeness (QED) is 0.0437. The second kappa shape index (κ2) is 12.8. The van der Waals surface area contributed by atoms with E-state index in [1.54, 1.807) is 20.8 Å². The molecule has 0 aliphatic carbocycles. The number of amides is 4. The molecule has 4 amide bonds. The molecule has 47 heavy (non-hydrogen) atoms. The highest BCUT2D eigenvalue weighted by Gasteiger charge is 2.23. The van der Waals surface area contributed by atoms with Crippen LogP contribution < -0.4 is 27.0 Å². The highest BCUT2D eigenvalue weighted by atomic mass is 16.6. The normalized spacial score (nSPS) is 10.9. The van der Waals surface area contributed by atoms with Gasteiger partial charge in [-0.2, -0.15) is 0 Å². The molecular formula is C30H30N10O7. The van der Waals surface area contributed by atoms with E-state index in [1.165, 1.54) is 42.9 Å². The van der Waals surface area contributed by atoms with Crippen molar-refractivity contribution in [2.24, 2.45) is 5.73 Å². The topological polar surface area (TPSA) is 270 Å². The first-order chi connectivity index (χ1) is 22.3. The van der Waals surface area contributed by atoms with Crippen molar-refractivity contribution in [3.05, 3.63) is 92.5 Å². The molecule has 0 saturated carbocycles. The molecular weight excluding hydrogens is 612 g/mol. The highest BCUT2D eigenvalue weighted by Crippen LogP contribution is 2.30. The number of nitro benzene ring substituents is 1.